The van der Waals surface area contributed by atoms with E-state index in [0.717, 1.165) is 11.1 Å². The van der Waals surface area contributed by atoms with Crippen LogP contribution < -0.4 is 0 Å². The summed E-state index contributed by atoms with van der Waals surface area (Å²) >= 11 is 0. The van der Waals surface area contributed by atoms with Crippen LogP contribution in [0.2, 0.25) is 0 Å². The summed E-state index contributed by atoms with van der Waals surface area (Å²) in [6, 6.07) is 19.5. The van der Waals surface area contributed by atoms with Gasteiger partial charge in [-0.15, -0.1) is 0 Å². The fourth-order valence-corrected chi connectivity index (χ4v) is 3.82. The van der Waals surface area contributed by atoms with Gasteiger partial charge in [-0.25, -0.2) is 4.99 Å². The molecule has 0 aromatic heterocycles. The van der Waals surface area contributed by atoms with E-state index in [4.69, 9.17) is 28.7 Å². The number of aliphatic imine (C=N–C) groups is 1. The minimum Gasteiger partial charge on any atom is -0.469 e. The van der Waals surface area contributed by atoms with Crippen LogP contribution in [0, 0.1) is 0 Å². The average molecular weight is 367 g/mol. The van der Waals surface area contributed by atoms with Crippen LogP contribution in [-0.4, -0.2) is 50.3 Å². The summed E-state index contributed by atoms with van der Waals surface area (Å²) in [4.78, 5) is 4.74. The van der Waals surface area contributed by atoms with Crippen LogP contribution >= 0.6 is 0 Å². The van der Waals surface area contributed by atoms with Crippen molar-refractivity contribution >= 4 is 5.90 Å². The van der Waals surface area contributed by atoms with E-state index in [2.05, 4.69) is 0 Å². The number of benzene rings is 2. The van der Waals surface area contributed by atoms with Crippen molar-refractivity contribution in [1.29, 1.82) is 0 Å². The second-order valence-corrected chi connectivity index (χ2v) is 6.83. The molecule has 3 aliphatic heterocycles. The Labute approximate surface area is 157 Å². The third-order valence-electron chi connectivity index (χ3n) is 5.15. The van der Waals surface area contributed by atoms with Gasteiger partial charge in [0.05, 0.1) is 6.61 Å². The van der Waals surface area contributed by atoms with Crippen molar-refractivity contribution in [3.8, 4) is 0 Å². The van der Waals surface area contributed by atoms with Gasteiger partial charge in [0.15, 0.2) is 18.7 Å². The summed E-state index contributed by atoms with van der Waals surface area (Å²) < 4.78 is 30.0. The normalized spacial score (nSPS) is 34.9. The third-order valence-corrected chi connectivity index (χ3v) is 5.15. The molecular formula is C21H21NO5. The van der Waals surface area contributed by atoms with Crippen LogP contribution in [0.4, 0.5) is 0 Å². The first-order valence-corrected chi connectivity index (χ1v) is 9.13. The molecule has 6 heteroatoms. The van der Waals surface area contributed by atoms with Gasteiger partial charge < -0.3 is 23.7 Å². The van der Waals surface area contributed by atoms with Gasteiger partial charge >= 0.3 is 0 Å². The monoisotopic (exact) mass is 367 g/mol. The number of methoxy groups -OCH3 is 1. The van der Waals surface area contributed by atoms with Crippen molar-refractivity contribution in [2.75, 3.05) is 13.7 Å². The standard InChI is InChI=1S/C21H21NO5/c1-23-21-16-18(26-19(22-16)13-8-4-2-5-9-13)17-15(25-21)12-24-20(27-17)14-10-6-3-7-11-14/h2-11,15-18,20-21H,12H2,1H3/t15-,16-,17-,18+,20+,21-/m1/s1. The van der Waals surface area contributed by atoms with E-state index in [1.807, 2.05) is 60.7 Å². The van der Waals surface area contributed by atoms with Crippen molar-refractivity contribution in [3.05, 3.63) is 71.8 Å². The van der Waals surface area contributed by atoms with Gasteiger partial charge in [0, 0.05) is 18.2 Å². The molecule has 2 fully saturated rings. The summed E-state index contributed by atoms with van der Waals surface area (Å²) in [7, 11) is 1.62. The Bertz CT molecular complexity index is 812. The van der Waals surface area contributed by atoms with Crippen LogP contribution in [0.3, 0.4) is 0 Å². The molecular weight excluding hydrogens is 346 g/mol. The maximum atomic E-state index is 6.27. The van der Waals surface area contributed by atoms with Crippen molar-refractivity contribution in [1.82, 2.24) is 0 Å². The average Bonchev–Trinajstić information content (AvgIpc) is 3.20. The van der Waals surface area contributed by atoms with E-state index < -0.39 is 12.6 Å². The van der Waals surface area contributed by atoms with Crippen molar-refractivity contribution in [2.24, 2.45) is 4.99 Å². The predicted molar refractivity (Wildman–Crippen MR) is 97.3 cm³/mol. The number of ether oxygens (including phenoxy) is 5. The van der Waals surface area contributed by atoms with Crippen LogP contribution in [-0.2, 0) is 23.7 Å². The third kappa shape index (κ3) is 3.04. The Kier molecular flexibility index (Phi) is 4.41. The molecule has 2 aromatic carbocycles. The molecule has 140 valence electrons. The van der Waals surface area contributed by atoms with E-state index in [1.165, 1.54) is 0 Å². The zero-order valence-electron chi connectivity index (χ0n) is 14.9. The van der Waals surface area contributed by atoms with Gasteiger partial charge in [-0.3, -0.25) is 0 Å². The molecule has 0 unspecified atom stereocenters. The first-order valence-electron chi connectivity index (χ1n) is 9.13. The molecule has 0 saturated carbocycles. The first kappa shape index (κ1) is 16.9. The Morgan fingerprint density at radius 1 is 0.926 bits per heavy atom. The molecule has 0 spiro atoms. The number of hydrogen-bond acceptors (Lipinski definition) is 6. The van der Waals surface area contributed by atoms with Crippen molar-refractivity contribution in [3.63, 3.8) is 0 Å². The van der Waals surface area contributed by atoms with Gasteiger partial charge in [-0.1, -0.05) is 48.5 Å². The molecule has 0 radical (unpaired) electrons. The SMILES string of the molecule is CO[C@@H]1O[C@@H]2CO[C@H](c3ccccc3)O[C@H]2[C@H]2OC(c3ccccc3)=N[C@@H]12. The molecule has 2 aromatic rings. The van der Waals surface area contributed by atoms with Gasteiger partial charge in [-0.2, -0.15) is 0 Å². The summed E-state index contributed by atoms with van der Waals surface area (Å²) in [5, 5.41) is 0. The van der Waals surface area contributed by atoms with Crippen LogP contribution in [0.15, 0.2) is 65.7 Å². The number of nitrogens with zero attached hydrogens (tertiary/aromatic N) is 1. The highest BCUT2D eigenvalue weighted by Crippen LogP contribution is 2.39. The Morgan fingerprint density at radius 2 is 1.67 bits per heavy atom. The predicted octanol–water partition coefficient (Wildman–Crippen LogP) is 2.69. The van der Waals surface area contributed by atoms with Gasteiger partial charge in [0.2, 0.25) is 5.90 Å². The largest absolute Gasteiger partial charge is 0.469 e. The topological polar surface area (TPSA) is 58.5 Å². The minimum atomic E-state index is -0.488. The zero-order valence-corrected chi connectivity index (χ0v) is 14.9. The van der Waals surface area contributed by atoms with E-state index in [9.17, 15) is 0 Å². The van der Waals surface area contributed by atoms with Crippen molar-refractivity contribution in [2.45, 2.75) is 36.9 Å². The van der Waals surface area contributed by atoms with Crippen LogP contribution in [0.5, 0.6) is 0 Å². The van der Waals surface area contributed by atoms with Crippen molar-refractivity contribution < 1.29 is 23.7 Å². The van der Waals surface area contributed by atoms with Gasteiger partial charge in [-0.05, 0) is 12.1 Å². The summed E-state index contributed by atoms with van der Waals surface area (Å²) in [5.74, 6) is 0.600. The Balaban J connectivity index is 1.41. The molecule has 3 aliphatic rings. The van der Waals surface area contributed by atoms with E-state index in [-0.39, 0.29) is 24.4 Å². The fraction of sp³-hybridized carbons (Fsp3) is 0.381. The summed E-state index contributed by atoms with van der Waals surface area (Å²) in [6.07, 6.45) is -1.76. The molecule has 5 rings (SSSR count). The van der Waals surface area contributed by atoms with Gasteiger partial charge in [0.1, 0.15) is 18.2 Å². The highest BCUT2D eigenvalue weighted by Gasteiger charge is 2.54. The Morgan fingerprint density at radius 3 is 2.41 bits per heavy atom. The maximum absolute atomic E-state index is 6.27. The fourth-order valence-electron chi connectivity index (χ4n) is 3.82. The smallest absolute Gasteiger partial charge is 0.217 e. The highest BCUT2D eigenvalue weighted by atomic mass is 16.7. The number of hydrogen-bond donors (Lipinski definition) is 0. The summed E-state index contributed by atoms with van der Waals surface area (Å²) in [6.45, 7) is 0.414. The lowest BCUT2D eigenvalue weighted by Gasteiger charge is -2.45. The lowest BCUT2D eigenvalue weighted by molar-refractivity contribution is -0.333. The zero-order chi connectivity index (χ0) is 18.2. The molecule has 6 atom stereocenters. The lowest BCUT2D eigenvalue weighted by Crippen LogP contribution is -2.60. The second kappa shape index (κ2) is 7.05. The maximum Gasteiger partial charge on any atom is 0.217 e. The number of fused-ring (bicyclic) bond motifs is 3. The molecule has 27 heavy (non-hydrogen) atoms. The minimum absolute atomic E-state index is 0.263. The van der Waals surface area contributed by atoms with Crippen LogP contribution in [0.1, 0.15) is 17.4 Å². The van der Waals surface area contributed by atoms with E-state index in [1.54, 1.807) is 7.11 Å². The van der Waals surface area contributed by atoms with E-state index in [0.29, 0.717) is 12.5 Å². The second-order valence-electron chi connectivity index (χ2n) is 6.83. The molecule has 0 N–H and O–H groups in total. The van der Waals surface area contributed by atoms with Gasteiger partial charge in [0.25, 0.3) is 0 Å². The lowest BCUT2D eigenvalue weighted by atomic mass is 9.96. The number of rotatable bonds is 3. The Hall–Kier alpha value is -2.25. The van der Waals surface area contributed by atoms with Crippen LogP contribution in [0.25, 0.3) is 0 Å². The van der Waals surface area contributed by atoms with E-state index >= 15 is 0 Å². The highest BCUT2D eigenvalue weighted by molar-refractivity contribution is 5.95. The molecule has 0 aliphatic carbocycles. The molecule has 3 heterocycles. The first-order chi connectivity index (χ1) is 13.3. The molecule has 6 nitrogen and oxygen atoms in total. The molecule has 0 amide bonds. The molecule has 2 saturated heterocycles. The quantitative estimate of drug-likeness (QED) is 0.835. The molecule has 0 bridgehead atoms. The summed E-state index contributed by atoms with van der Waals surface area (Å²) in [5.41, 5.74) is 1.91.